The van der Waals surface area contributed by atoms with E-state index in [-0.39, 0.29) is 11.5 Å². The van der Waals surface area contributed by atoms with E-state index in [9.17, 15) is 14.9 Å². The number of benzene rings is 2. The predicted octanol–water partition coefficient (Wildman–Crippen LogP) is 5.00. The van der Waals surface area contributed by atoms with Gasteiger partial charge < -0.3 is 4.98 Å². The molecule has 3 rings (SSSR count). The van der Waals surface area contributed by atoms with Gasteiger partial charge >= 0.3 is 0 Å². The molecular weight excluding hydrogens is 328 g/mol. The molecule has 0 amide bonds. The van der Waals surface area contributed by atoms with Crippen LogP contribution in [-0.4, -0.2) is 15.7 Å². The SMILES string of the molecule is CC(=O)/C=C/c1c(-c2ccc([N+](=O)[O-])cc2)[nH]c2cc(Cl)ccc12. The molecule has 0 aliphatic heterocycles. The Morgan fingerprint density at radius 3 is 2.54 bits per heavy atom. The van der Waals surface area contributed by atoms with Crippen LogP contribution < -0.4 is 0 Å². The fourth-order valence-electron chi connectivity index (χ4n) is 2.54. The zero-order valence-electron chi connectivity index (χ0n) is 12.7. The van der Waals surface area contributed by atoms with Gasteiger partial charge in [0.1, 0.15) is 0 Å². The number of nitrogens with zero attached hydrogens (tertiary/aromatic N) is 1. The van der Waals surface area contributed by atoms with Crippen molar-refractivity contribution in [3.05, 3.63) is 69.2 Å². The molecule has 0 spiro atoms. The summed E-state index contributed by atoms with van der Waals surface area (Å²) in [5, 5.41) is 12.3. The van der Waals surface area contributed by atoms with E-state index in [2.05, 4.69) is 4.98 Å². The first-order valence-corrected chi connectivity index (χ1v) is 7.58. The van der Waals surface area contributed by atoms with Gasteiger partial charge in [0.2, 0.25) is 0 Å². The lowest BCUT2D eigenvalue weighted by atomic mass is 10.0. The summed E-state index contributed by atoms with van der Waals surface area (Å²) in [4.78, 5) is 24.9. The lowest BCUT2D eigenvalue weighted by molar-refractivity contribution is -0.384. The molecule has 0 atom stereocenters. The Kier molecular flexibility index (Phi) is 4.18. The van der Waals surface area contributed by atoms with E-state index in [1.54, 1.807) is 30.3 Å². The number of aromatic amines is 1. The summed E-state index contributed by atoms with van der Waals surface area (Å²) in [5.41, 5.74) is 3.26. The largest absolute Gasteiger partial charge is 0.354 e. The van der Waals surface area contributed by atoms with E-state index in [0.29, 0.717) is 5.02 Å². The van der Waals surface area contributed by atoms with Crippen LogP contribution in [0.4, 0.5) is 5.69 Å². The lowest BCUT2D eigenvalue weighted by Gasteiger charge is -2.01. The quantitative estimate of drug-likeness (QED) is 0.412. The summed E-state index contributed by atoms with van der Waals surface area (Å²) in [6.45, 7) is 1.48. The fourth-order valence-corrected chi connectivity index (χ4v) is 2.71. The zero-order chi connectivity index (χ0) is 17.3. The van der Waals surface area contributed by atoms with Crippen LogP contribution in [0.3, 0.4) is 0 Å². The van der Waals surface area contributed by atoms with Gasteiger partial charge in [0, 0.05) is 33.6 Å². The number of nitro benzene ring substituents is 1. The van der Waals surface area contributed by atoms with Crippen LogP contribution in [0.1, 0.15) is 12.5 Å². The molecule has 0 radical (unpaired) electrons. The smallest absolute Gasteiger partial charge is 0.269 e. The molecule has 0 saturated heterocycles. The number of H-pyrrole nitrogens is 1. The Labute approximate surface area is 142 Å². The molecule has 6 heteroatoms. The van der Waals surface area contributed by atoms with Crippen molar-refractivity contribution >= 4 is 40.1 Å². The first-order chi connectivity index (χ1) is 11.5. The molecule has 0 saturated carbocycles. The zero-order valence-corrected chi connectivity index (χ0v) is 13.5. The third-order valence-electron chi connectivity index (χ3n) is 3.65. The van der Waals surface area contributed by atoms with Crippen molar-refractivity contribution in [1.29, 1.82) is 0 Å². The van der Waals surface area contributed by atoms with E-state index < -0.39 is 4.92 Å². The average Bonchev–Trinajstić information content (AvgIpc) is 2.90. The molecule has 0 aliphatic carbocycles. The molecule has 0 unspecified atom stereocenters. The van der Waals surface area contributed by atoms with Gasteiger partial charge in [-0.2, -0.15) is 0 Å². The van der Waals surface area contributed by atoms with E-state index in [0.717, 1.165) is 27.7 Å². The summed E-state index contributed by atoms with van der Waals surface area (Å²) in [6.07, 6.45) is 3.23. The number of fused-ring (bicyclic) bond motifs is 1. The summed E-state index contributed by atoms with van der Waals surface area (Å²) < 4.78 is 0. The molecule has 1 heterocycles. The molecule has 3 aromatic rings. The topological polar surface area (TPSA) is 76.0 Å². The monoisotopic (exact) mass is 340 g/mol. The molecule has 2 aromatic carbocycles. The van der Waals surface area contributed by atoms with Gasteiger partial charge in [-0.15, -0.1) is 0 Å². The minimum absolute atomic E-state index is 0.0266. The van der Waals surface area contributed by atoms with Crippen molar-refractivity contribution in [2.75, 3.05) is 0 Å². The number of rotatable bonds is 4. The predicted molar refractivity (Wildman–Crippen MR) is 95.1 cm³/mol. The van der Waals surface area contributed by atoms with Gasteiger partial charge in [-0.25, -0.2) is 0 Å². The summed E-state index contributed by atoms with van der Waals surface area (Å²) in [6, 6.07) is 11.7. The van der Waals surface area contributed by atoms with Crippen molar-refractivity contribution in [2.24, 2.45) is 0 Å². The minimum Gasteiger partial charge on any atom is -0.354 e. The van der Waals surface area contributed by atoms with E-state index in [1.165, 1.54) is 25.1 Å². The second kappa shape index (κ2) is 6.29. The summed E-state index contributed by atoms with van der Waals surface area (Å²) in [5.74, 6) is -0.0621. The van der Waals surface area contributed by atoms with Gasteiger partial charge in [0.25, 0.3) is 5.69 Å². The van der Waals surface area contributed by atoms with Crippen LogP contribution in [-0.2, 0) is 4.79 Å². The summed E-state index contributed by atoms with van der Waals surface area (Å²) >= 11 is 6.04. The first-order valence-electron chi connectivity index (χ1n) is 7.20. The third kappa shape index (κ3) is 3.07. The molecule has 120 valence electrons. The molecule has 1 N–H and O–H groups in total. The minimum atomic E-state index is -0.439. The Bertz CT molecular complexity index is 972. The van der Waals surface area contributed by atoms with Crippen LogP contribution >= 0.6 is 11.6 Å². The number of non-ortho nitro benzene ring substituents is 1. The number of nitro groups is 1. The number of allylic oxidation sites excluding steroid dienone is 1. The van der Waals surface area contributed by atoms with Crippen LogP contribution in [0.25, 0.3) is 28.2 Å². The van der Waals surface area contributed by atoms with Gasteiger partial charge in [-0.05, 0) is 48.9 Å². The molecule has 0 fully saturated rings. The van der Waals surface area contributed by atoms with Crippen molar-refractivity contribution in [2.45, 2.75) is 6.92 Å². The Morgan fingerprint density at radius 2 is 1.92 bits per heavy atom. The fraction of sp³-hybridized carbons (Fsp3) is 0.0556. The summed E-state index contributed by atoms with van der Waals surface area (Å²) in [7, 11) is 0. The van der Waals surface area contributed by atoms with Crippen LogP contribution in [0.5, 0.6) is 0 Å². The first kappa shape index (κ1) is 16.0. The highest BCUT2D eigenvalue weighted by molar-refractivity contribution is 6.31. The number of hydrogen-bond acceptors (Lipinski definition) is 3. The average molecular weight is 341 g/mol. The highest BCUT2D eigenvalue weighted by Gasteiger charge is 2.13. The van der Waals surface area contributed by atoms with Gasteiger partial charge in [0.15, 0.2) is 5.78 Å². The van der Waals surface area contributed by atoms with Crippen LogP contribution in [0.15, 0.2) is 48.5 Å². The Morgan fingerprint density at radius 1 is 1.21 bits per heavy atom. The maximum Gasteiger partial charge on any atom is 0.269 e. The van der Waals surface area contributed by atoms with Crippen molar-refractivity contribution in [3.8, 4) is 11.3 Å². The lowest BCUT2D eigenvalue weighted by Crippen LogP contribution is -1.88. The molecule has 1 aromatic heterocycles. The van der Waals surface area contributed by atoms with Crippen molar-refractivity contribution < 1.29 is 9.72 Å². The second-order valence-electron chi connectivity index (χ2n) is 5.35. The number of hydrogen-bond donors (Lipinski definition) is 1. The highest BCUT2D eigenvalue weighted by Crippen LogP contribution is 2.33. The van der Waals surface area contributed by atoms with Crippen LogP contribution in [0, 0.1) is 10.1 Å². The van der Waals surface area contributed by atoms with Gasteiger partial charge in [-0.3, -0.25) is 14.9 Å². The molecule has 0 bridgehead atoms. The number of carbonyl (C=O) groups is 1. The normalized spacial score (nSPS) is 11.2. The van der Waals surface area contributed by atoms with Crippen molar-refractivity contribution in [1.82, 2.24) is 4.98 Å². The van der Waals surface area contributed by atoms with Gasteiger partial charge in [-0.1, -0.05) is 17.7 Å². The highest BCUT2D eigenvalue weighted by atomic mass is 35.5. The number of carbonyl (C=O) groups excluding carboxylic acids is 1. The van der Waals surface area contributed by atoms with Crippen LogP contribution in [0.2, 0.25) is 5.02 Å². The van der Waals surface area contributed by atoms with Gasteiger partial charge in [0.05, 0.1) is 10.6 Å². The maximum absolute atomic E-state index is 11.3. The Balaban J connectivity index is 2.20. The maximum atomic E-state index is 11.3. The number of halogens is 1. The number of ketones is 1. The second-order valence-corrected chi connectivity index (χ2v) is 5.79. The van der Waals surface area contributed by atoms with E-state index >= 15 is 0 Å². The van der Waals surface area contributed by atoms with Crippen molar-refractivity contribution in [3.63, 3.8) is 0 Å². The molecular formula is C18H13ClN2O3. The van der Waals surface area contributed by atoms with E-state index in [1.807, 2.05) is 6.07 Å². The Hall–Kier alpha value is -2.92. The number of aromatic nitrogens is 1. The molecule has 0 aliphatic rings. The van der Waals surface area contributed by atoms with E-state index in [4.69, 9.17) is 11.6 Å². The molecule has 5 nitrogen and oxygen atoms in total. The standard InChI is InChI=1S/C18H13ClN2O3/c1-11(22)2-8-16-15-9-5-13(19)10-17(15)20-18(16)12-3-6-14(7-4-12)21(23)24/h2-10,20H,1H3/b8-2+. The third-order valence-corrected chi connectivity index (χ3v) is 3.89. The molecule has 24 heavy (non-hydrogen) atoms. The number of nitrogens with one attached hydrogen (secondary N) is 1.